The molecule has 4 unspecified atom stereocenters. The van der Waals surface area contributed by atoms with Crippen molar-refractivity contribution in [1.29, 1.82) is 0 Å². The van der Waals surface area contributed by atoms with E-state index in [1.54, 1.807) is 14.2 Å². The van der Waals surface area contributed by atoms with Gasteiger partial charge in [0.1, 0.15) is 17.3 Å². The molecule has 2 fully saturated rings. The van der Waals surface area contributed by atoms with Crippen molar-refractivity contribution in [3.8, 4) is 11.5 Å². The van der Waals surface area contributed by atoms with Gasteiger partial charge in [-0.25, -0.2) is 9.29 Å². The van der Waals surface area contributed by atoms with Gasteiger partial charge in [0.2, 0.25) is 11.8 Å². The van der Waals surface area contributed by atoms with Crippen molar-refractivity contribution in [3.05, 3.63) is 162 Å². The fraction of sp³-hybridized carbons (Fsp3) is 0.146. The number of hydrogen-bond acceptors (Lipinski definition) is 5. The number of nitrogens with zero attached hydrogens (tertiary/aromatic N) is 1. The van der Waals surface area contributed by atoms with Gasteiger partial charge in [-0.3, -0.25) is 14.4 Å². The summed E-state index contributed by atoms with van der Waals surface area (Å²) >= 11 is 0. The third-order valence-corrected chi connectivity index (χ3v) is 10.3. The molecule has 236 valence electrons. The average Bonchev–Trinajstić information content (AvgIpc) is 3.65. The summed E-state index contributed by atoms with van der Waals surface area (Å²) in [4.78, 5) is 47.1. The number of methoxy groups -OCH3 is 2. The molecule has 8 rings (SSSR count). The molecule has 0 aromatic heterocycles. The smallest absolute Gasteiger partial charge is 0.239 e. The van der Waals surface area contributed by atoms with Gasteiger partial charge in [-0.1, -0.05) is 84.9 Å². The van der Waals surface area contributed by atoms with E-state index in [1.165, 1.54) is 24.3 Å². The van der Waals surface area contributed by atoms with Crippen LogP contribution in [-0.4, -0.2) is 31.8 Å². The lowest BCUT2D eigenvalue weighted by Crippen LogP contribution is -2.45. The number of rotatable bonds is 7. The molecule has 2 aliphatic carbocycles. The second kappa shape index (κ2) is 10.9. The highest BCUT2D eigenvalue weighted by atomic mass is 19.1. The topological polar surface area (TPSA) is 72.9 Å². The molecule has 1 aliphatic heterocycles. The van der Waals surface area contributed by atoms with Crippen LogP contribution in [0.1, 0.15) is 22.3 Å². The number of imide groups is 1. The normalized spacial score (nSPS) is 24.3. The number of fused-ring (bicyclic) bond motifs is 5. The number of carbonyl (C=O) groups excluding carboxylic acids is 3. The third-order valence-electron chi connectivity index (χ3n) is 10.3. The van der Waals surface area contributed by atoms with E-state index < -0.39 is 40.3 Å². The fourth-order valence-corrected chi connectivity index (χ4v) is 8.48. The highest BCUT2D eigenvalue weighted by Crippen LogP contribution is 2.74. The fourth-order valence-electron chi connectivity index (χ4n) is 8.48. The summed E-state index contributed by atoms with van der Waals surface area (Å²) < 4.78 is 25.1. The van der Waals surface area contributed by atoms with Crippen LogP contribution in [0.15, 0.2) is 133 Å². The zero-order chi connectivity index (χ0) is 33.2. The summed E-state index contributed by atoms with van der Waals surface area (Å²) in [5, 5.41) is 0. The Kier molecular flexibility index (Phi) is 6.70. The molecule has 0 radical (unpaired) electrons. The number of ketones is 1. The minimum atomic E-state index is -1.55. The van der Waals surface area contributed by atoms with E-state index >= 15 is 4.79 Å². The Hall–Kier alpha value is -5.82. The van der Waals surface area contributed by atoms with Crippen LogP contribution in [-0.2, 0) is 25.2 Å². The van der Waals surface area contributed by atoms with Crippen LogP contribution in [0.2, 0.25) is 0 Å². The van der Waals surface area contributed by atoms with Crippen molar-refractivity contribution < 1.29 is 28.2 Å². The number of amides is 2. The molecule has 0 spiro atoms. The second-order valence-electron chi connectivity index (χ2n) is 12.3. The van der Waals surface area contributed by atoms with Gasteiger partial charge in [0, 0.05) is 0 Å². The minimum Gasteiger partial charge on any atom is -0.497 e. The lowest BCUT2D eigenvalue weighted by molar-refractivity contribution is -0.130. The summed E-state index contributed by atoms with van der Waals surface area (Å²) in [5.41, 5.74) is 1.21. The Labute approximate surface area is 277 Å². The first-order valence-corrected chi connectivity index (χ1v) is 15.7. The Balaban J connectivity index is 1.54. The predicted octanol–water partition coefficient (Wildman–Crippen LogP) is 7.03. The van der Waals surface area contributed by atoms with Crippen LogP contribution in [0.4, 0.5) is 10.1 Å². The Bertz CT molecular complexity index is 1980. The summed E-state index contributed by atoms with van der Waals surface area (Å²) in [7, 11) is 3.18. The van der Waals surface area contributed by atoms with Crippen LogP contribution in [0.3, 0.4) is 0 Å². The van der Waals surface area contributed by atoms with Crippen LogP contribution in [0.25, 0.3) is 11.1 Å². The van der Waals surface area contributed by atoms with Gasteiger partial charge in [0.05, 0.1) is 42.6 Å². The van der Waals surface area contributed by atoms with Gasteiger partial charge in [-0.05, 0) is 81.9 Å². The number of ether oxygens (including phenoxy) is 2. The number of benzene rings is 5. The summed E-state index contributed by atoms with van der Waals surface area (Å²) in [6.45, 7) is 0. The number of allylic oxidation sites excluding steroid dienone is 2. The van der Waals surface area contributed by atoms with Gasteiger partial charge >= 0.3 is 0 Å². The number of halogens is 1. The number of anilines is 1. The van der Waals surface area contributed by atoms with Crippen molar-refractivity contribution in [2.45, 2.75) is 10.8 Å². The van der Waals surface area contributed by atoms with Crippen molar-refractivity contribution >= 4 is 34.4 Å². The third kappa shape index (κ3) is 3.75. The van der Waals surface area contributed by atoms with E-state index in [1.807, 2.05) is 109 Å². The molecule has 5 aromatic rings. The molecule has 2 amide bonds. The first kappa shape index (κ1) is 29.6. The van der Waals surface area contributed by atoms with Gasteiger partial charge in [-0.15, -0.1) is 0 Å². The van der Waals surface area contributed by atoms with Crippen molar-refractivity contribution in [1.82, 2.24) is 0 Å². The van der Waals surface area contributed by atoms with E-state index in [4.69, 9.17) is 9.47 Å². The first-order valence-electron chi connectivity index (χ1n) is 15.7. The van der Waals surface area contributed by atoms with Gasteiger partial charge in [0.25, 0.3) is 0 Å². The quantitative estimate of drug-likeness (QED) is 0.180. The molecule has 1 heterocycles. The van der Waals surface area contributed by atoms with Crippen LogP contribution >= 0.6 is 0 Å². The maximum Gasteiger partial charge on any atom is 0.239 e. The summed E-state index contributed by atoms with van der Waals surface area (Å²) in [6.07, 6.45) is 0. The predicted molar refractivity (Wildman–Crippen MR) is 180 cm³/mol. The molecule has 48 heavy (non-hydrogen) atoms. The average molecular weight is 636 g/mol. The van der Waals surface area contributed by atoms with E-state index in [-0.39, 0.29) is 11.5 Å². The molecular weight excluding hydrogens is 605 g/mol. The molecule has 4 atom stereocenters. The molecule has 5 aromatic carbocycles. The van der Waals surface area contributed by atoms with Crippen molar-refractivity contribution in [2.75, 3.05) is 19.1 Å². The van der Waals surface area contributed by atoms with Gasteiger partial charge < -0.3 is 9.47 Å². The zero-order valence-corrected chi connectivity index (χ0v) is 26.2. The maximum absolute atomic E-state index is 16.0. The lowest BCUT2D eigenvalue weighted by atomic mass is 9.59. The van der Waals surface area contributed by atoms with Gasteiger partial charge in [0.15, 0.2) is 5.78 Å². The molecular formula is C41H30FNO5. The number of Topliss-reactive ketones (excluding diaryl/α,β-unsaturated/α-hetero) is 1. The first-order chi connectivity index (χ1) is 23.4. The molecule has 0 N–H and O–H groups in total. The minimum absolute atomic E-state index is 0.223. The van der Waals surface area contributed by atoms with Gasteiger partial charge in [-0.2, -0.15) is 0 Å². The Morgan fingerprint density at radius 1 is 0.542 bits per heavy atom. The summed E-state index contributed by atoms with van der Waals surface area (Å²) in [6, 6.07) is 38.9. The SMILES string of the molecule is COc1ccc(C2=C(c3ccc(OC)cc3)C3(c4ccccc4)C(=O)C2(c2ccccc2)C2C(=O)N(c4ccc(F)cc4)C(=O)C23)cc1. The van der Waals surface area contributed by atoms with E-state index in [2.05, 4.69) is 0 Å². The molecule has 7 heteroatoms. The number of hydrogen-bond donors (Lipinski definition) is 0. The Morgan fingerprint density at radius 2 is 0.938 bits per heavy atom. The monoisotopic (exact) mass is 635 g/mol. The molecule has 2 bridgehead atoms. The lowest BCUT2D eigenvalue weighted by Gasteiger charge is -2.39. The standard InChI is InChI=1S/C41H30FNO5/c1-47-31-21-13-25(14-22-31)33-34(26-15-23-32(48-2)24-16-26)41(28-11-7-4-8-12-28)36-35(40(33,39(41)46)27-9-5-3-6-10-27)37(44)43(38(36)45)30-19-17-29(42)18-20-30/h3-24,35-36H,1-2H3. The van der Waals surface area contributed by atoms with Crippen LogP contribution in [0, 0.1) is 17.7 Å². The molecule has 1 saturated carbocycles. The van der Waals surface area contributed by atoms with E-state index in [9.17, 15) is 14.0 Å². The largest absolute Gasteiger partial charge is 0.497 e. The maximum atomic E-state index is 16.0. The number of carbonyl (C=O) groups is 3. The molecule has 6 nitrogen and oxygen atoms in total. The second-order valence-corrected chi connectivity index (χ2v) is 12.3. The highest BCUT2D eigenvalue weighted by molar-refractivity contribution is 6.39. The van der Waals surface area contributed by atoms with Crippen molar-refractivity contribution in [2.24, 2.45) is 11.8 Å². The van der Waals surface area contributed by atoms with Crippen LogP contribution < -0.4 is 14.4 Å². The molecule has 1 saturated heterocycles. The van der Waals surface area contributed by atoms with E-state index in [0.29, 0.717) is 33.8 Å². The van der Waals surface area contributed by atoms with Crippen LogP contribution in [0.5, 0.6) is 11.5 Å². The highest BCUT2D eigenvalue weighted by Gasteiger charge is 2.82. The zero-order valence-electron chi connectivity index (χ0n) is 26.2. The van der Waals surface area contributed by atoms with Crippen molar-refractivity contribution in [3.63, 3.8) is 0 Å². The molecule has 3 aliphatic rings. The summed E-state index contributed by atoms with van der Waals surface area (Å²) in [5.74, 6) is -2.58. The van der Waals surface area contributed by atoms with E-state index in [0.717, 1.165) is 16.0 Å². The Morgan fingerprint density at radius 3 is 1.31 bits per heavy atom.